The third-order valence-corrected chi connectivity index (χ3v) is 2.35. The van der Waals surface area contributed by atoms with Crippen molar-refractivity contribution in [1.82, 2.24) is 9.97 Å². The van der Waals surface area contributed by atoms with Crippen molar-refractivity contribution in [1.29, 1.82) is 0 Å². The SMILES string of the molecule is Cc1oc(-c2ccc(C(F)(F)F)cn2)nc1C(F)F. The van der Waals surface area contributed by atoms with Crippen LogP contribution >= 0.6 is 0 Å². The van der Waals surface area contributed by atoms with E-state index in [1.165, 1.54) is 6.92 Å². The zero-order valence-electron chi connectivity index (χ0n) is 9.50. The number of pyridine rings is 1. The van der Waals surface area contributed by atoms with E-state index in [2.05, 4.69) is 9.97 Å². The largest absolute Gasteiger partial charge is 0.440 e. The number of hydrogen-bond acceptors (Lipinski definition) is 3. The van der Waals surface area contributed by atoms with Gasteiger partial charge in [0.15, 0.2) is 0 Å². The van der Waals surface area contributed by atoms with Crippen molar-refractivity contribution in [3.8, 4) is 11.6 Å². The number of alkyl halides is 5. The van der Waals surface area contributed by atoms with Crippen LogP contribution in [-0.2, 0) is 6.18 Å². The van der Waals surface area contributed by atoms with Crippen molar-refractivity contribution in [2.75, 3.05) is 0 Å². The predicted octanol–water partition coefficient (Wildman–Crippen LogP) is 4.00. The first-order valence-electron chi connectivity index (χ1n) is 5.08. The topological polar surface area (TPSA) is 38.9 Å². The Labute approximate surface area is 104 Å². The molecule has 0 bridgehead atoms. The Bertz CT molecular complexity index is 574. The van der Waals surface area contributed by atoms with Gasteiger partial charge in [0.05, 0.1) is 5.56 Å². The summed E-state index contributed by atoms with van der Waals surface area (Å²) in [6, 6.07) is 1.80. The number of rotatable bonds is 2. The molecule has 3 nitrogen and oxygen atoms in total. The van der Waals surface area contributed by atoms with Crippen LogP contribution in [0.4, 0.5) is 22.0 Å². The smallest absolute Gasteiger partial charge is 0.417 e. The number of halogens is 5. The molecule has 2 rings (SSSR count). The summed E-state index contributed by atoms with van der Waals surface area (Å²) in [6.07, 6.45) is -6.73. The molecule has 0 saturated heterocycles. The molecule has 102 valence electrons. The van der Waals surface area contributed by atoms with Gasteiger partial charge in [-0.2, -0.15) is 13.2 Å². The van der Waals surface area contributed by atoms with Gasteiger partial charge in [0.25, 0.3) is 6.43 Å². The highest BCUT2D eigenvalue weighted by Gasteiger charge is 2.31. The van der Waals surface area contributed by atoms with Crippen LogP contribution < -0.4 is 0 Å². The summed E-state index contributed by atoms with van der Waals surface area (Å²) in [5, 5.41) is 0. The molecular formula is C11H7F5N2O. The van der Waals surface area contributed by atoms with Crippen LogP contribution in [0.1, 0.15) is 23.4 Å². The Balaban J connectivity index is 2.35. The standard InChI is InChI=1S/C11H7F5N2O/c1-5-8(9(12)13)18-10(19-5)7-3-2-6(4-17-7)11(14,15)16/h2-4,9H,1H3. The summed E-state index contributed by atoms with van der Waals surface area (Å²) in [6.45, 7) is 1.29. The molecule has 2 heterocycles. The Morgan fingerprint density at radius 2 is 1.89 bits per heavy atom. The maximum Gasteiger partial charge on any atom is 0.417 e. The van der Waals surface area contributed by atoms with Crippen LogP contribution in [0.2, 0.25) is 0 Å². The minimum Gasteiger partial charge on any atom is -0.440 e. The van der Waals surface area contributed by atoms with Crippen molar-refractivity contribution in [3.63, 3.8) is 0 Å². The lowest BCUT2D eigenvalue weighted by Crippen LogP contribution is -2.05. The van der Waals surface area contributed by atoms with Gasteiger partial charge in [0.2, 0.25) is 5.89 Å². The minimum atomic E-state index is -4.51. The van der Waals surface area contributed by atoms with Crippen LogP contribution in [0.25, 0.3) is 11.6 Å². The van der Waals surface area contributed by atoms with E-state index in [9.17, 15) is 22.0 Å². The molecular weight excluding hydrogens is 271 g/mol. The molecule has 0 amide bonds. The molecule has 0 unspecified atom stereocenters. The zero-order chi connectivity index (χ0) is 14.2. The molecule has 8 heteroatoms. The van der Waals surface area contributed by atoms with E-state index in [1.54, 1.807) is 0 Å². The first kappa shape index (κ1) is 13.4. The predicted molar refractivity (Wildman–Crippen MR) is 54.4 cm³/mol. The monoisotopic (exact) mass is 278 g/mol. The molecule has 0 N–H and O–H groups in total. The van der Waals surface area contributed by atoms with Crippen molar-refractivity contribution in [2.24, 2.45) is 0 Å². The first-order chi connectivity index (χ1) is 8.79. The van der Waals surface area contributed by atoms with Crippen molar-refractivity contribution in [3.05, 3.63) is 35.3 Å². The summed E-state index contributed by atoms with van der Waals surface area (Å²) in [5.41, 5.74) is -1.52. The van der Waals surface area contributed by atoms with Crippen molar-refractivity contribution in [2.45, 2.75) is 19.5 Å². The first-order valence-corrected chi connectivity index (χ1v) is 5.08. The van der Waals surface area contributed by atoms with E-state index < -0.39 is 23.9 Å². The maximum atomic E-state index is 12.5. The van der Waals surface area contributed by atoms with Gasteiger partial charge in [-0.25, -0.2) is 13.8 Å². The maximum absolute atomic E-state index is 12.5. The summed E-state index contributed by atoms with van der Waals surface area (Å²) in [4.78, 5) is 7.02. The normalized spacial score (nSPS) is 12.2. The molecule has 2 aromatic heterocycles. The van der Waals surface area contributed by atoms with Gasteiger partial charge in [-0.15, -0.1) is 0 Å². The molecule has 0 aliphatic heterocycles. The van der Waals surface area contributed by atoms with Gasteiger partial charge >= 0.3 is 6.18 Å². The molecule has 0 fully saturated rings. The fourth-order valence-corrected chi connectivity index (χ4v) is 1.41. The minimum absolute atomic E-state index is 0.0389. The second-order valence-corrected chi connectivity index (χ2v) is 3.69. The van der Waals surface area contributed by atoms with E-state index in [-0.39, 0.29) is 17.3 Å². The molecule has 19 heavy (non-hydrogen) atoms. The molecule has 0 spiro atoms. The number of oxazole rings is 1. The van der Waals surface area contributed by atoms with Gasteiger partial charge in [0, 0.05) is 6.20 Å². The van der Waals surface area contributed by atoms with Crippen LogP contribution in [0.3, 0.4) is 0 Å². The number of hydrogen-bond donors (Lipinski definition) is 0. The third-order valence-electron chi connectivity index (χ3n) is 2.35. The Morgan fingerprint density at radius 3 is 2.32 bits per heavy atom. The number of aromatic nitrogens is 2. The lowest BCUT2D eigenvalue weighted by molar-refractivity contribution is -0.137. The number of nitrogens with zero attached hydrogens (tertiary/aromatic N) is 2. The molecule has 0 aromatic carbocycles. The third kappa shape index (κ3) is 2.72. The van der Waals surface area contributed by atoms with Gasteiger partial charge in [-0.05, 0) is 19.1 Å². The van der Waals surface area contributed by atoms with Crippen LogP contribution in [-0.4, -0.2) is 9.97 Å². The van der Waals surface area contributed by atoms with E-state index in [4.69, 9.17) is 4.42 Å². The second-order valence-electron chi connectivity index (χ2n) is 3.69. The highest BCUT2D eigenvalue weighted by Crippen LogP contribution is 2.31. The van der Waals surface area contributed by atoms with Crippen LogP contribution in [0, 0.1) is 6.92 Å². The Kier molecular flexibility index (Phi) is 3.25. The molecule has 0 atom stereocenters. The Morgan fingerprint density at radius 1 is 1.21 bits per heavy atom. The summed E-state index contributed by atoms with van der Waals surface area (Å²) >= 11 is 0. The van der Waals surface area contributed by atoms with Gasteiger partial charge in [-0.1, -0.05) is 0 Å². The lowest BCUT2D eigenvalue weighted by atomic mass is 10.2. The molecule has 0 radical (unpaired) electrons. The van der Waals surface area contributed by atoms with Gasteiger partial charge < -0.3 is 4.42 Å². The molecule has 0 aliphatic rings. The highest BCUT2D eigenvalue weighted by atomic mass is 19.4. The molecule has 0 saturated carbocycles. The van der Waals surface area contributed by atoms with E-state index >= 15 is 0 Å². The van der Waals surface area contributed by atoms with Crippen molar-refractivity contribution >= 4 is 0 Å². The van der Waals surface area contributed by atoms with Crippen molar-refractivity contribution < 1.29 is 26.4 Å². The molecule has 2 aromatic rings. The van der Waals surface area contributed by atoms with E-state index in [1.807, 2.05) is 0 Å². The van der Waals surface area contributed by atoms with Gasteiger partial charge in [0.1, 0.15) is 17.1 Å². The number of aryl methyl sites for hydroxylation is 1. The fourth-order valence-electron chi connectivity index (χ4n) is 1.41. The summed E-state index contributed by atoms with van der Waals surface area (Å²) < 4.78 is 66.9. The fraction of sp³-hybridized carbons (Fsp3) is 0.273. The Hall–Kier alpha value is -1.99. The van der Waals surface area contributed by atoms with Crippen LogP contribution in [0.5, 0.6) is 0 Å². The summed E-state index contributed by atoms with van der Waals surface area (Å²) in [5.74, 6) is -0.326. The van der Waals surface area contributed by atoms with E-state index in [0.717, 1.165) is 12.1 Å². The zero-order valence-corrected chi connectivity index (χ0v) is 9.50. The van der Waals surface area contributed by atoms with Crippen LogP contribution in [0.15, 0.2) is 22.7 Å². The quantitative estimate of drug-likeness (QED) is 0.779. The average molecular weight is 278 g/mol. The summed E-state index contributed by atoms with van der Waals surface area (Å²) in [7, 11) is 0. The van der Waals surface area contributed by atoms with E-state index in [0.29, 0.717) is 6.20 Å². The second kappa shape index (κ2) is 4.60. The molecule has 0 aliphatic carbocycles. The average Bonchev–Trinajstić information content (AvgIpc) is 2.70. The van der Waals surface area contributed by atoms with Gasteiger partial charge in [-0.3, -0.25) is 4.98 Å². The lowest BCUT2D eigenvalue weighted by Gasteiger charge is -2.05. The highest BCUT2D eigenvalue weighted by molar-refractivity contribution is 5.48.